The van der Waals surface area contributed by atoms with Crippen molar-refractivity contribution in [3.8, 4) is 0 Å². The van der Waals surface area contributed by atoms with Gasteiger partial charge >= 0.3 is 0 Å². The van der Waals surface area contributed by atoms with E-state index in [9.17, 15) is 0 Å². The first kappa shape index (κ1) is 21.9. The number of ether oxygens (including phenoxy) is 2. The van der Waals surface area contributed by atoms with Crippen LogP contribution in [0.25, 0.3) is 0 Å². The smallest absolute Gasteiger partial charge is 0.0701 e. The maximum atomic E-state index is 5.70. The van der Waals surface area contributed by atoms with Crippen molar-refractivity contribution in [1.82, 2.24) is 9.80 Å². The number of unbranched alkanes of at least 4 members (excludes halogenated alkanes) is 3. The molecule has 0 aromatic rings. The third-order valence-electron chi connectivity index (χ3n) is 4.88. The molecule has 4 nitrogen and oxygen atoms in total. The number of piperazine rings is 1. The minimum atomic E-state index is 0.677. The fraction of sp³-hybridized carbons (Fsp3) is 1.00. The summed E-state index contributed by atoms with van der Waals surface area (Å²) in [5, 5.41) is 0. The van der Waals surface area contributed by atoms with Gasteiger partial charge in [0.05, 0.1) is 19.8 Å². The van der Waals surface area contributed by atoms with Crippen LogP contribution in [-0.4, -0.2) is 75.0 Å². The highest BCUT2D eigenvalue weighted by molar-refractivity contribution is 4.73. The van der Waals surface area contributed by atoms with Gasteiger partial charge in [0.25, 0.3) is 0 Å². The van der Waals surface area contributed by atoms with Crippen LogP contribution in [0.15, 0.2) is 0 Å². The van der Waals surface area contributed by atoms with Gasteiger partial charge in [-0.1, -0.05) is 39.5 Å². The number of rotatable bonds is 14. The second-order valence-electron chi connectivity index (χ2n) is 7.79. The van der Waals surface area contributed by atoms with Gasteiger partial charge < -0.3 is 9.47 Å². The summed E-state index contributed by atoms with van der Waals surface area (Å²) in [7, 11) is 0. The van der Waals surface area contributed by atoms with E-state index >= 15 is 0 Å². The zero-order chi connectivity index (χ0) is 17.6. The first-order valence-electron chi connectivity index (χ1n) is 10.2. The molecular weight excluding hydrogens is 300 g/mol. The van der Waals surface area contributed by atoms with Crippen LogP contribution in [0.2, 0.25) is 0 Å². The van der Waals surface area contributed by atoms with Gasteiger partial charge in [0.2, 0.25) is 0 Å². The number of hydrogen-bond donors (Lipinski definition) is 0. The Morgan fingerprint density at radius 1 is 0.708 bits per heavy atom. The van der Waals surface area contributed by atoms with E-state index in [2.05, 4.69) is 37.5 Å². The Balaban J connectivity index is 1.78. The molecule has 0 radical (unpaired) electrons. The van der Waals surface area contributed by atoms with Crippen molar-refractivity contribution in [3.63, 3.8) is 0 Å². The summed E-state index contributed by atoms with van der Waals surface area (Å²) < 4.78 is 11.4. The Morgan fingerprint density at radius 2 is 1.33 bits per heavy atom. The fourth-order valence-corrected chi connectivity index (χ4v) is 3.13. The highest BCUT2D eigenvalue weighted by Gasteiger charge is 2.17. The quantitative estimate of drug-likeness (QED) is 0.450. The molecule has 1 saturated heterocycles. The van der Waals surface area contributed by atoms with Crippen molar-refractivity contribution in [3.05, 3.63) is 0 Å². The molecule has 0 spiro atoms. The zero-order valence-corrected chi connectivity index (χ0v) is 16.8. The molecular formula is C20H42N2O2. The van der Waals surface area contributed by atoms with E-state index in [0.29, 0.717) is 6.04 Å². The van der Waals surface area contributed by atoms with Gasteiger partial charge in [0.1, 0.15) is 0 Å². The maximum absolute atomic E-state index is 5.70. The van der Waals surface area contributed by atoms with Crippen LogP contribution < -0.4 is 0 Å². The topological polar surface area (TPSA) is 24.9 Å². The van der Waals surface area contributed by atoms with E-state index in [-0.39, 0.29) is 0 Å². The lowest BCUT2D eigenvalue weighted by Crippen LogP contribution is -2.49. The molecule has 1 heterocycles. The molecule has 1 fully saturated rings. The van der Waals surface area contributed by atoms with E-state index in [1.165, 1.54) is 58.3 Å². The molecule has 24 heavy (non-hydrogen) atoms. The van der Waals surface area contributed by atoms with Crippen molar-refractivity contribution in [1.29, 1.82) is 0 Å². The predicted molar refractivity (Wildman–Crippen MR) is 103 cm³/mol. The van der Waals surface area contributed by atoms with E-state index in [1.807, 2.05) is 0 Å². The van der Waals surface area contributed by atoms with E-state index in [1.54, 1.807) is 0 Å². The highest BCUT2D eigenvalue weighted by atomic mass is 16.5. The van der Waals surface area contributed by atoms with Gasteiger partial charge in [0, 0.05) is 45.4 Å². The van der Waals surface area contributed by atoms with Crippen LogP contribution in [0.3, 0.4) is 0 Å². The molecule has 1 aliphatic heterocycles. The number of nitrogens with zero attached hydrogens (tertiary/aromatic N) is 2. The standard InChI is InChI=1S/C20H42N2O2/c1-19(2)9-7-5-6-8-15-23-17-18-24-16-14-21-10-12-22(13-11-21)20(3)4/h19-20H,5-18H2,1-4H3. The third kappa shape index (κ3) is 11.4. The van der Waals surface area contributed by atoms with Crippen molar-refractivity contribution in [2.45, 2.75) is 65.8 Å². The van der Waals surface area contributed by atoms with Crippen LogP contribution in [0.1, 0.15) is 59.8 Å². The molecule has 0 aromatic carbocycles. The van der Waals surface area contributed by atoms with Crippen molar-refractivity contribution < 1.29 is 9.47 Å². The van der Waals surface area contributed by atoms with E-state index in [0.717, 1.165) is 38.9 Å². The molecule has 0 bridgehead atoms. The van der Waals surface area contributed by atoms with Gasteiger partial charge in [-0.15, -0.1) is 0 Å². The second-order valence-corrected chi connectivity index (χ2v) is 7.79. The summed E-state index contributed by atoms with van der Waals surface area (Å²) in [6, 6.07) is 0.677. The minimum absolute atomic E-state index is 0.677. The van der Waals surface area contributed by atoms with Crippen LogP contribution in [-0.2, 0) is 9.47 Å². The molecule has 0 aliphatic carbocycles. The van der Waals surface area contributed by atoms with E-state index in [4.69, 9.17) is 9.47 Å². The Kier molecular flexibility index (Phi) is 12.8. The van der Waals surface area contributed by atoms with Gasteiger partial charge in [-0.3, -0.25) is 9.80 Å². The van der Waals surface area contributed by atoms with Crippen LogP contribution in [0, 0.1) is 5.92 Å². The Hall–Kier alpha value is -0.160. The molecule has 4 heteroatoms. The first-order chi connectivity index (χ1) is 11.6. The van der Waals surface area contributed by atoms with Crippen molar-refractivity contribution in [2.24, 2.45) is 5.92 Å². The average molecular weight is 343 g/mol. The minimum Gasteiger partial charge on any atom is -0.379 e. The second kappa shape index (κ2) is 14.1. The molecule has 0 saturated carbocycles. The lowest BCUT2D eigenvalue weighted by Gasteiger charge is -2.36. The SMILES string of the molecule is CC(C)CCCCCCOCCOCCN1CCN(C(C)C)CC1. The first-order valence-corrected chi connectivity index (χ1v) is 10.2. The fourth-order valence-electron chi connectivity index (χ4n) is 3.13. The Morgan fingerprint density at radius 3 is 1.96 bits per heavy atom. The largest absolute Gasteiger partial charge is 0.379 e. The molecule has 0 N–H and O–H groups in total. The molecule has 0 amide bonds. The average Bonchev–Trinajstić information content (AvgIpc) is 2.56. The molecule has 1 rings (SSSR count). The molecule has 1 aliphatic rings. The lowest BCUT2D eigenvalue weighted by molar-refractivity contribution is 0.0285. The summed E-state index contributed by atoms with van der Waals surface area (Å²) in [5.74, 6) is 0.845. The Bertz CT molecular complexity index is 277. The molecule has 144 valence electrons. The summed E-state index contributed by atoms with van der Waals surface area (Å²) in [6.45, 7) is 18.2. The summed E-state index contributed by atoms with van der Waals surface area (Å²) in [4.78, 5) is 5.06. The van der Waals surface area contributed by atoms with E-state index < -0.39 is 0 Å². The molecule has 0 aromatic heterocycles. The number of hydrogen-bond acceptors (Lipinski definition) is 4. The highest BCUT2D eigenvalue weighted by Crippen LogP contribution is 2.09. The third-order valence-corrected chi connectivity index (χ3v) is 4.88. The van der Waals surface area contributed by atoms with Crippen LogP contribution in [0.4, 0.5) is 0 Å². The lowest BCUT2D eigenvalue weighted by atomic mass is 10.0. The molecule has 0 atom stereocenters. The maximum Gasteiger partial charge on any atom is 0.0701 e. The normalized spacial score (nSPS) is 17.2. The van der Waals surface area contributed by atoms with Gasteiger partial charge in [-0.25, -0.2) is 0 Å². The summed E-state index contributed by atoms with van der Waals surface area (Å²) in [5.41, 5.74) is 0. The van der Waals surface area contributed by atoms with Gasteiger partial charge in [-0.2, -0.15) is 0 Å². The zero-order valence-electron chi connectivity index (χ0n) is 16.8. The Labute approximate surface area is 150 Å². The van der Waals surface area contributed by atoms with Crippen molar-refractivity contribution >= 4 is 0 Å². The summed E-state index contributed by atoms with van der Waals surface area (Å²) in [6.07, 6.45) is 6.57. The molecule has 0 unspecified atom stereocenters. The van der Waals surface area contributed by atoms with Gasteiger partial charge in [0.15, 0.2) is 0 Å². The van der Waals surface area contributed by atoms with Crippen molar-refractivity contribution in [2.75, 3.05) is 59.2 Å². The van der Waals surface area contributed by atoms with Gasteiger partial charge in [-0.05, 0) is 26.2 Å². The monoisotopic (exact) mass is 342 g/mol. The van der Waals surface area contributed by atoms with Crippen LogP contribution >= 0.6 is 0 Å². The predicted octanol–water partition coefficient (Wildman–Crippen LogP) is 3.65. The van der Waals surface area contributed by atoms with Crippen LogP contribution in [0.5, 0.6) is 0 Å². The summed E-state index contributed by atoms with van der Waals surface area (Å²) >= 11 is 0.